The minimum absolute atomic E-state index is 0.313. The van der Waals surface area contributed by atoms with Crippen molar-refractivity contribution in [3.63, 3.8) is 0 Å². The number of carbonyl (C=O) groups excluding carboxylic acids is 1. The summed E-state index contributed by atoms with van der Waals surface area (Å²) in [4.78, 5) is 12.1. The zero-order chi connectivity index (χ0) is 14.0. The molecule has 2 aromatic carbocycles. The number of carbonyl (C=O) groups is 1. The fourth-order valence-corrected chi connectivity index (χ4v) is 2.25. The minimum atomic E-state index is -0.347. The summed E-state index contributed by atoms with van der Waals surface area (Å²) < 4.78 is 0.616. The molecule has 0 aliphatic carbocycles. The molecule has 0 aliphatic rings. The van der Waals surface area contributed by atoms with Crippen molar-refractivity contribution in [2.24, 2.45) is 0 Å². The number of nitrogen functional groups attached to an aromatic ring is 1. The molecule has 1 amide bonds. The second-order valence-corrected chi connectivity index (χ2v) is 5.40. The molecule has 0 bridgehead atoms. The molecule has 0 spiro atoms. The van der Waals surface area contributed by atoms with Crippen LogP contribution in [0.15, 0.2) is 40.9 Å². The average molecular weight is 360 g/mol. The van der Waals surface area contributed by atoms with E-state index in [1.54, 1.807) is 30.3 Å². The second-order valence-electron chi connectivity index (χ2n) is 3.79. The highest BCUT2D eigenvalue weighted by molar-refractivity contribution is 9.10. The van der Waals surface area contributed by atoms with Crippen LogP contribution in [-0.4, -0.2) is 5.91 Å². The molecule has 0 radical (unpaired) electrons. The second kappa shape index (κ2) is 5.82. The van der Waals surface area contributed by atoms with E-state index >= 15 is 0 Å². The van der Waals surface area contributed by atoms with E-state index < -0.39 is 0 Å². The van der Waals surface area contributed by atoms with Crippen molar-refractivity contribution in [2.45, 2.75) is 0 Å². The summed E-state index contributed by atoms with van der Waals surface area (Å²) in [7, 11) is 0. The topological polar surface area (TPSA) is 55.1 Å². The van der Waals surface area contributed by atoms with Gasteiger partial charge in [0.15, 0.2) is 0 Å². The molecular formula is C13H9BrCl2N2O. The largest absolute Gasteiger partial charge is 0.399 e. The van der Waals surface area contributed by atoms with Crippen LogP contribution < -0.4 is 11.1 Å². The Bertz CT molecular complexity index is 647. The quantitative estimate of drug-likeness (QED) is 0.770. The summed E-state index contributed by atoms with van der Waals surface area (Å²) in [5.41, 5.74) is 6.99. The third kappa shape index (κ3) is 3.21. The van der Waals surface area contributed by atoms with Crippen LogP contribution in [0.1, 0.15) is 10.4 Å². The fourth-order valence-electron chi connectivity index (χ4n) is 1.51. The van der Waals surface area contributed by atoms with Crippen molar-refractivity contribution in [1.29, 1.82) is 0 Å². The number of benzene rings is 2. The molecule has 3 nitrogen and oxygen atoms in total. The van der Waals surface area contributed by atoms with E-state index in [4.69, 9.17) is 28.9 Å². The standard InChI is InChI=1S/C13H9BrCl2N2O/c14-12-10(16)2-1-3-11(12)18-13(19)8-6-7(17)4-5-9(8)15/h1-6H,17H2,(H,18,19). The van der Waals surface area contributed by atoms with Crippen molar-refractivity contribution < 1.29 is 4.79 Å². The molecule has 0 fully saturated rings. The normalized spacial score (nSPS) is 10.3. The van der Waals surface area contributed by atoms with E-state index in [0.717, 1.165) is 0 Å². The van der Waals surface area contributed by atoms with Crippen LogP contribution in [0.2, 0.25) is 10.0 Å². The third-order valence-corrected chi connectivity index (χ3v) is 4.16. The molecule has 0 saturated heterocycles. The van der Waals surface area contributed by atoms with Crippen molar-refractivity contribution in [1.82, 2.24) is 0 Å². The first-order chi connectivity index (χ1) is 8.99. The van der Waals surface area contributed by atoms with Crippen molar-refractivity contribution >= 4 is 56.4 Å². The van der Waals surface area contributed by atoms with Gasteiger partial charge in [-0.15, -0.1) is 0 Å². The molecule has 19 heavy (non-hydrogen) atoms. The SMILES string of the molecule is Nc1ccc(Cl)c(C(=O)Nc2cccc(Cl)c2Br)c1. The average Bonchev–Trinajstić information content (AvgIpc) is 2.38. The van der Waals surface area contributed by atoms with Crippen LogP contribution in [0.25, 0.3) is 0 Å². The number of hydrogen-bond acceptors (Lipinski definition) is 2. The summed E-state index contributed by atoms with van der Waals surface area (Å²) in [6.45, 7) is 0. The van der Waals surface area contributed by atoms with Crippen molar-refractivity contribution in [3.8, 4) is 0 Å². The molecule has 0 heterocycles. The van der Waals surface area contributed by atoms with Crippen molar-refractivity contribution in [2.75, 3.05) is 11.1 Å². The van der Waals surface area contributed by atoms with Gasteiger partial charge in [0.25, 0.3) is 5.91 Å². The van der Waals surface area contributed by atoms with Gasteiger partial charge >= 0.3 is 0 Å². The summed E-state index contributed by atoms with van der Waals surface area (Å²) >= 11 is 15.2. The lowest BCUT2D eigenvalue weighted by molar-refractivity contribution is 0.102. The van der Waals surface area contributed by atoms with E-state index in [0.29, 0.717) is 31.5 Å². The van der Waals surface area contributed by atoms with Gasteiger partial charge in [-0.05, 0) is 46.3 Å². The van der Waals surface area contributed by atoms with E-state index in [9.17, 15) is 4.79 Å². The predicted molar refractivity (Wildman–Crippen MR) is 83.0 cm³/mol. The Morgan fingerprint density at radius 2 is 1.89 bits per heavy atom. The highest BCUT2D eigenvalue weighted by atomic mass is 79.9. The summed E-state index contributed by atoms with van der Waals surface area (Å²) in [5, 5.41) is 3.57. The highest BCUT2D eigenvalue weighted by Crippen LogP contribution is 2.30. The van der Waals surface area contributed by atoms with Crippen LogP contribution in [0, 0.1) is 0 Å². The number of anilines is 2. The van der Waals surface area contributed by atoms with Gasteiger partial charge in [-0.3, -0.25) is 4.79 Å². The smallest absolute Gasteiger partial charge is 0.257 e. The number of nitrogens with two attached hydrogens (primary N) is 1. The Hall–Kier alpha value is -1.23. The number of halogens is 3. The number of rotatable bonds is 2. The Kier molecular flexibility index (Phi) is 4.34. The first-order valence-corrected chi connectivity index (χ1v) is 6.84. The van der Waals surface area contributed by atoms with Crippen LogP contribution in [0.3, 0.4) is 0 Å². The van der Waals surface area contributed by atoms with E-state index in [-0.39, 0.29) is 5.91 Å². The van der Waals surface area contributed by atoms with Gasteiger partial charge in [0.2, 0.25) is 0 Å². The number of amides is 1. The molecule has 0 aliphatic heterocycles. The van der Waals surface area contributed by atoms with Crippen LogP contribution >= 0.6 is 39.1 Å². The summed E-state index contributed by atoms with van der Waals surface area (Å²) in [6, 6.07) is 9.93. The fraction of sp³-hybridized carbons (Fsp3) is 0. The van der Waals surface area contributed by atoms with Crippen LogP contribution in [0.5, 0.6) is 0 Å². The third-order valence-electron chi connectivity index (χ3n) is 2.43. The molecule has 2 aromatic rings. The van der Waals surface area contributed by atoms with Crippen LogP contribution in [0.4, 0.5) is 11.4 Å². The lowest BCUT2D eigenvalue weighted by atomic mass is 10.2. The minimum Gasteiger partial charge on any atom is -0.399 e. The molecular weight excluding hydrogens is 351 g/mol. The molecule has 0 aromatic heterocycles. The van der Waals surface area contributed by atoms with Crippen LogP contribution in [-0.2, 0) is 0 Å². The maximum absolute atomic E-state index is 12.1. The molecule has 98 valence electrons. The van der Waals surface area contributed by atoms with Gasteiger partial charge < -0.3 is 11.1 Å². The molecule has 0 unspecified atom stereocenters. The monoisotopic (exact) mass is 358 g/mol. The predicted octanol–water partition coefficient (Wildman–Crippen LogP) is 4.59. The Morgan fingerprint density at radius 3 is 2.63 bits per heavy atom. The van der Waals surface area contributed by atoms with Gasteiger partial charge in [-0.2, -0.15) is 0 Å². The lowest BCUT2D eigenvalue weighted by Crippen LogP contribution is -2.13. The van der Waals surface area contributed by atoms with E-state index in [1.807, 2.05) is 0 Å². The zero-order valence-electron chi connectivity index (χ0n) is 9.58. The maximum Gasteiger partial charge on any atom is 0.257 e. The van der Waals surface area contributed by atoms with Gasteiger partial charge in [-0.1, -0.05) is 29.3 Å². The summed E-state index contributed by atoms with van der Waals surface area (Å²) in [6.07, 6.45) is 0. The molecule has 0 atom stereocenters. The zero-order valence-corrected chi connectivity index (χ0v) is 12.7. The number of hydrogen-bond donors (Lipinski definition) is 2. The molecule has 0 saturated carbocycles. The maximum atomic E-state index is 12.1. The van der Waals surface area contributed by atoms with Gasteiger partial charge in [0.05, 0.1) is 25.8 Å². The highest BCUT2D eigenvalue weighted by Gasteiger charge is 2.13. The Balaban J connectivity index is 2.31. The number of nitrogens with one attached hydrogen (secondary N) is 1. The van der Waals surface area contributed by atoms with E-state index in [2.05, 4.69) is 21.2 Å². The van der Waals surface area contributed by atoms with Gasteiger partial charge in [-0.25, -0.2) is 0 Å². The van der Waals surface area contributed by atoms with E-state index in [1.165, 1.54) is 6.07 Å². The van der Waals surface area contributed by atoms with Crippen molar-refractivity contribution in [3.05, 3.63) is 56.5 Å². The summed E-state index contributed by atoms with van der Waals surface area (Å²) in [5.74, 6) is -0.347. The first-order valence-electron chi connectivity index (χ1n) is 5.29. The first kappa shape index (κ1) is 14.2. The molecule has 2 rings (SSSR count). The Labute approximate surface area is 128 Å². The molecule has 3 N–H and O–H groups in total. The van der Waals surface area contributed by atoms with Gasteiger partial charge in [0.1, 0.15) is 0 Å². The van der Waals surface area contributed by atoms with Gasteiger partial charge in [0, 0.05) is 5.69 Å². The lowest BCUT2D eigenvalue weighted by Gasteiger charge is -2.10. The molecule has 6 heteroatoms. The Morgan fingerprint density at radius 1 is 1.16 bits per heavy atom.